The van der Waals surface area contributed by atoms with Gasteiger partial charge in [0.2, 0.25) is 0 Å². The molecular formula is C6H6N4NaO2. The largest absolute Gasteiger partial charge is 0.339 e. The Morgan fingerprint density at radius 1 is 1.46 bits per heavy atom. The van der Waals surface area contributed by atoms with E-state index >= 15 is 0 Å². The molecule has 0 aliphatic rings. The number of rotatable bonds is 0. The van der Waals surface area contributed by atoms with Crippen molar-refractivity contribution in [2.45, 2.75) is 0 Å². The van der Waals surface area contributed by atoms with Gasteiger partial charge in [-0.25, -0.2) is 9.78 Å². The minimum atomic E-state index is -0.459. The predicted molar refractivity (Wildman–Crippen MR) is 47.7 cm³/mol. The summed E-state index contributed by atoms with van der Waals surface area (Å²) in [5, 5.41) is 0. The van der Waals surface area contributed by atoms with E-state index in [-0.39, 0.29) is 29.6 Å². The standard InChI is InChI=1S/C6H6N4O2.Na/c1-10-4-3(7-2-8-4)5(11)9-6(10)12;/h2H,1H3,(H,7,8)(H,9,11,12);. The van der Waals surface area contributed by atoms with E-state index in [0.717, 1.165) is 0 Å². The molecule has 7 heteroatoms. The molecular weight excluding hydrogens is 183 g/mol. The first-order chi connectivity index (χ1) is 5.70. The summed E-state index contributed by atoms with van der Waals surface area (Å²) in [5.41, 5.74) is -0.217. The first-order valence-electron chi connectivity index (χ1n) is 3.32. The molecule has 13 heavy (non-hydrogen) atoms. The van der Waals surface area contributed by atoms with E-state index in [1.54, 1.807) is 7.05 Å². The summed E-state index contributed by atoms with van der Waals surface area (Å²) in [7, 11) is 1.54. The number of aromatic nitrogens is 4. The zero-order chi connectivity index (χ0) is 8.72. The number of imidazole rings is 1. The van der Waals surface area contributed by atoms with Crippen LogP contribution in [0, 0.1) is 0 Å². The molecule has 2 N–H and O–H groups in total. The Morgan fingerprint density at radius 2 is 2.15 bits per heavy atom. The fraction of sp³-hybridized carbons (Fsp3) is 0.167. The summed E-state index contributed by atoms with van der Waals surface area (Å²) in [6, 6.07) is 0. The average molecular weight is 189 g/mol. The molecule has 63 valence electrons. The Hall–Kier alpha value is -0.850. The smallest absolute Gasteiger partial charge is 0.329 e. The molecule has 0 saturated carbocycles. The van der Waals surface area contributed by atoms with E-state index in [9.17, 15) is 9.59 Å². The number of aryl methyl sites for hydroxylation is 1. The first kappa shape index (κ1) is 10.2. The maximum atomic E-state index is 11.1. The molecule has 1 radical (unpaired) electrons. The van der Waals surface area contributed by atoms with Gasteiger partial charge in [-0.2, -0.15) is 0 Å². The molecule has 0 saturated heterocycles. The second-order valence-corrected chi connectivity index (χ2v) is 2.42. The van der Waals surface area contributed by atoms with Gasteiger partial charge < -0.3 is 4.98 Å². The zero-order valence-electron chi connectivity index (χ0n) is 7.29. The molecule has 0 atom stereocenters. The van der Waals surface area contributed by atoms with Crippen LogP contribution in [0.25, 0.3) is 11.2 Å². The number of fused-ring (bicyclic) bond motifs is 1. The SMILES string of the molecule is Cn1c(=O)[nH]c(=O)c2[nH]cnc21.[Na]. The summed E-state index contributed by atoms with van der Waals surface area (Å²) in [6.45, 7) is 0. The van der Waals surface area contributed by atoms with Gasteiger partial charge in [-0.15, -0.1) is 0 Å². The van der Waals surface area contributed by atoms with Crippen LogP contribution in [-0.2, 0) is 7.05 Å². The number of nitrogens with one attached hydrogen (secondary N) is 2. The normalized spacial score (nSPS) is 9.92. The van der Waals surface area contributed by atoms with Crippen molar-refractivity contribution in [2.75, 3.05) is 0 Å². The second kappa shape index (κ2) is 3.49. The molecule has 0 unspecified atom stereocenters. The van der Waals surface area contributed by atoms with Crippen molar-refractivity contribution in [3.8, 4) is 0 Å². The summed E-state index contributed by atoms with van der Waals surface area (Å²) in [6.07, 6.45) is 1.37. The first-order valence-corrected chi connectivity index (χ1v) is 3.32. The zero-order valence-corrected chi connectivity index (χ0v) is 9.29. The van der Waals surface area contributed by atoms with Crippen LogP contribution in [0.3, 0.4) is 0 Å². The Labute approximate surface area is 94.3 Å². The molecule has 6 nitrogen and oxygen atoms in total. The van der Waals surface area contributed by atoms with Crippen LogP contribution in [0.15, 0.2) is 15.9 Å². The third-order valence-corrected chi connectivity index (χ3v) is 1.69. The summed E-state index contributed by atoms with van der Waals surface area (Å²) < 4.78 is 1.27. The number of aromatic amines is 2. The van der Waals surface area contributed by atoms with Crippen molar-refractivity contribution in [3.05, 3.63) is 27.2 Å². The van der Waals surface area contributed by atoms with Gasteiger partial charge in [0.15, 0.2) is 5.65 Å². The molecule has 0 spiro atoms. The van der Waals surface area contributed by atoms with Crippen LogP contribution >= 0.6 is 0 Å². The Bertz CT molecular complexity index is 537. The molecule has 2 aromatic heterocycles. The third kappa shape index (κ3) is 1.48. The van der Waals surface area contributed by atoms with Crippen LogP contribution < -0.4 is 11.2 Å². The van der Waals surface area contributed by atoms with Crippen molar-refractivity contribution in [1.29, 1.82) is 0 Å². The van der Waals surface area contributed by atoms with Crippen LogP contribution in [0.2, 0.25) is 0 Å². The van der Waals surface area contributed by atoms with Gasteiger partial charge >= 0.3 is 5.69 Å². The number of nitrogens with zero attached hydrogens (tertiary/aromatic N) is 2. The fourth-order valence-corrected chi connectivity index (χ4v) is 1.05. The number of H-pyrrole nitrogens is 2. The molecule has 0 bridgehead atoms. The average Bonchev–Trinajstić information content (AvgIpc) is 2.48. The number of hydrogen-bond acceptors (Lipinski definition) is 3. The van der Waals surface area contributed by atoms with E-state index in [4.69, 9.17) is 0 Å². The molecule has 2 heterocycles. The van der Waals surface area contributed by atoms with Gasteiger partial charge in [0.05, 0.1) is 6.33 Å². The summed E-state index contributed by atoms with van der Waals surface area (Å²) in [4.78, 5) is 30.7. The van der Waals surface area contributed by atoms with Crippen molar-refractivity contribution >= 4 is 40.7 Å². The van der Waals surface area contributed by atoms with Gasteiger partial charge in [0.1, 0.15) is 5.52 Å². The predicted octanol–water partition coefficient (Wildman–Crippen LogP) is -1.43. The molecule has 0 amide bonds. The van der Waals surface area contributed by atoms with Gasteiger partial charge in [-0.3, -0.25) is 14.3 Å². The topological polar surface area (TPSA) is 83.5 Å². The van der Waals surface area contributed by atoms with E-state index in [0.29, 0.717) is 11.2 Å². The van der Waals surface area contributed by atoms with Gasteiger partial charge in [0.25, 0.3) is 5.56 Å². The van der Waals surface area contributed by atoms with Crippen molar-refractivity contribution in [3.63, 3.8) is 0 Å². The van der Waals surface area contributed by atoms with Crippen molar-refractivity contribution in [2.24, 2.45) is 7.05 Å². The fourth-order valence-electron chi connectivity index (χ4n) is 1.05. The van der Waals surface area contributed by atoms with Crippen LogP contribution in [-0.4, -0.2) is 49.1 Å². The van der Waals surface area contributed by atoms with Gasteiger partial charge in [-0.05, 0) is 0 Å². The van der Waals surface area contributed by atoms with E-state index in [1.807, 2.05) is 0 Å². The summed E-state index contributed by atoms with van der Waals surface area (Å²) in [5.74, 6) is 0. The van der Waals surface area contributed by atoms with Crippen molar-refractivity contribution in [1.82, 2.24) is 19.5 Å². The molecule has 0 aromatic carbocycles. The maximum Gasteiger partial charge on any atom is 0.329 e. The van der Waals surface area contributed by atoms with Crippen LogP contribution in [0.1, 0.15) is 0 Å². The second-order valence-electron chi connectivity index (χ2n) is 2.42. The summed E-state index contributed by atoms with van der Waals surface area (Å²) >= 11 is 0. The minimum Gasteiger partial charge on any atom is -0.339 e. The Morgan fingerprint density at radius 3 is 2.85 bits per heavy atom. The number of hydrogen-bond donors (Lipinski definition) is 2. The Balaban J connectivity index is 0.000000845. The van der Waals surface area contributed by atoms with Gasteiger partial charge in [0, 0.05) is 36.6 Å². The van der Waals surface area contributed by atoms with E-state index < -0.39 is 11.2 Å². The Kier molecular flexibility index (Phi) is 2.74. The maximum absolute atomic E-state index is 11.1. The van der Waals surface area contributed by atoms with Crippen LogP contribution in [0.4, 0.5) is 0 Å². The molecule has 0 aliphatic carbocycles. The third-order valence-electron chi connectivity index (χ3n) is 1.69. The van der Waals surface area contributed by atoms with E-state index in [1.165, 1.54) is 10.9 Å². The van der Waals surface area contributed by atoms with Gasteiger partial charge in [-0.1, -0.05) is 0 Å². The van der Waals surface area contributed by atoms with Crippen LogP contribution in [0.5, 0.6) is 0 Å². The minimum absolute atomic E-state index is 0. The van der Waals surface area contributed by atoms with Crippen molar-refractivity contribution < 1.29 is 0 Å². The molecule has 0 aliphatic heterocycles. The molecule has 2 aromatic rings. The molecule has 2 rings (SSSR count). The quantitative estimate of drug-likeness (QED) is 0.498. The molecule has 0 fully saturated rings. The monoisotopic (exact) mass is 189 g/mol. The van der Waals surface area contributed by atoms with E-state index in [2.05, 4.69) is 15.0 Å².